The molecule has 1 amide bonds. The van der Waals surface area contributed by atoms with Gasteiger partial charge in [-0.15, -0.1) is 0 Å². The van der Waals surface area contributed by atoms with Crippen LogP contribution in [0.15, 0.2) is 0 Å². The van der Waals surface area contributed by atoms with Crippen LogP contribution in [0.5, 0.6) is 0 Å². The van der Waals surface area contributed by atoms with Gasteiger partial charge in [0.1, 0.15) is 0 Å². The number of isothiocyanates is 1. The molecule has 0 saturated carbocycles. The molecule has 0 fully saturated rings. The standard InChI is InChI=1S/C2H5NO.CNS.H3N/c1-2(3)4;2-1-3;/h1H3,(H2,3,4);;1H3/q;-1;/p+1. The summed E-state index contributed by atoms with van der Waals surface area (Å²) in [5.41, 5.74) is 4.47. The number of amides is 1. The van der Waals surface area contributed by atoms with E-state index in [-0.39, 0.29) is 12.1 Å². The Bertz CT molecular complexity index is 82.5. The fourth-order valence-electron chi connectivity index (χ4n) is 0. The molecule has 0 aromatic carbocycles. The van der Waals surface area contributed by atoms with Gasteiger partial charge in [0.2, 0.25) is 5.91 Å². The van der Waals surface area contributed by atoms with E-state index in [0.717, 1.165) is 0 Å². The van der Waals surface area contributed by atoms with Gasteiger partial charge in [-0.2, -0.15) is 5.16 Å². The molecule has 0 spiro atoms. The molecule has 0 saturated heterocycles. The lowest BCUT2D eigenvalue weighted by Crippen LogP contribution is -2.01. The Balaban J connectivity index is -0.0000000575. The van der Waals surface area contributed by atoms with E-state index in [2.05, 4.69) is 18.0 Å². The van der Waals surface area contributed by atoms with E-state index < -0.39 is 0 Å². The van der Waals surface area contributed by atoms with E-state index >= 15 is 0 Å². The van der Waals surface area contributed by atoms with Gasteiger partial charge in [0, 0.05) is 6.92 Å². The molecule has 48 valence electrons. The van der Waals surface area contributed by atoms with E-state index in [0.29, 0.717) is 0 Å². The highest BCUT2D eigenvalue weighted by atomic mass is 32.1. The Labute approximate surface area is 53.2 Å². The predicted octanol–water partition coefficient (Wildman–Crippen LogP) is 0.526. The zero-order valence-corrected chi connectivity index (χ0v) is 5.66. The van der Waals surface area contributed by atoms with Crippen molar-refractivity contribution in [2.75, 3.05) is 0 Å². The van der Waals surface area contributed by atoms with Gasteiger partial charge in [0.25, 0.3) is 0 Å². The third-order valence-corrected chi connectivity index (χ3v) is 0. The molecule has 0 rings (SSSR count). The first-order chi connectivity index (χ1) is 3.15. The molecule has 0 atom stereocenters. The third-order valence-electron chi connectivity index (χ3n) is 0. The first kappa shape index (κ1) is 15.7. The minimum absolute atomic E-state index is 0. The molecule has 0 radical (unpaired) electrons. The van der Waals surface area contributed by atoms with Gasteiger partial charge in [-0.1, -0.05) is 12.2 Å². The van der Waals surface area contributed by atoms with E-state index in [1.807, 2.05) is 0 Å². The number of carbonyl (C=O) groups excluding carboxylic acids is 1. The van der Waals surface area contributed by atoms with Gasteiger partial charge in [-0.05, 0) is 0 Å². The Hall–Kier alpha value is -0.770. The Morgan fingerprint density at radius 3 is 1.88 bits per heavy atom. The highest BCUT2D eigenvalue weighted by Crippen LogP contribution is 1.33. The molecule has 4 nitrogen and oxygen atoms in total. The first-order valence-electron chi connectivity index (χ1n) is 1.42. The number of primary amides is 1. The summed E-state index contributed by atoms with van der Waals surface area (Å²) >= 11 is 3.70. The quantitative estimate of drug-likeness (QED) is 0.373. The smallest absolute Gasteiger partial charge is 0.214 e. The molecule has 0 aliphatic rings. The summed E-state index contributed by atoms with van der Waals surface area (Å²) in [5.74, 6) is -0.333. The van der Waals surface area contributed by atoms with Crippen molar-refractivity contribution in [3.63, 3.8) is 0 Å². The van der Waals surface area contributed by atoms with Crippen molar-refractivity contribution in [3.8, 4) is 0 Å². The third kappa shape index (κ3) is 158. The Morgan fingerprint density at radius 1 is 1.88 bits per heavy atom. The number of nitrogens with two attached hydrogens (primary N) is 1. The highest BCUT2D eigenvalue weighted by Gasteiger charge is 1.61. The van der Waals surface area contributed by atoms with Crippen molar-refractivity contribution in [2.45, 2.75) is 6.92 Å². The van der Waals surface area contributed by atoms with Crippen LogP contribution in [0.3, 0.4) is 0 Å². The van der Waals surface area contributed by atoms with Gasteiger partial charge < -0.3 is 17.3 Å². The van der Waals surface area contributed by atoms with Crippen LogP contribution in [0, 0.1) is 0 Å². The zero-order valence-electron chi connectivity index (χ0n) is 4.84. The normalized spacial score (nSPS) is 4.12. The molecule has 0 aliphatic carbocycles. The molecule has 0 heterocycles. The van der Waals surface area contributed by atoms with Crippen molar-refractivity contribution in [2.24, 2.45) is 5.73 Å². The van der Waals surface area contributed by atoms with Gasteiger partial charge in [-0.25, -0.2) is 0 Å². The minimum atomic E-state index is -0.333. The molecule has 0 bridgehead atoms. The van der Waals surface area contributed by atoms with Gasteiger partial charge in [0.15, 0.2) is 0 Å². The van der Waals surface area contributed by atoms with Crippen molar-refractivity contribution in [1.82, 2.24) is 6.15 Å². The first-order valence-corrected chi connectivity index (χ1v) is 1.83. The number of carbonyl (C=O) groups is 1. The van der Waals surface area contributed by atoms with Crippen LogP contribution in [-0.2, 0) is 4.79 Å². The van der Waals surface area contributed by atoms with Crippen LogP contribution < -0.4 is 11.9 Å². The van der Waals surface area contributed by atoms with E-state index in [1.54, 1.807) is 0 Å². The summed E-state index contributed by atoms with van der Waals surface area (Å²) in [6.07, 6.45) is 0. The Kier molecular flexibility index (Phi) is 32.0. The molecular formula is C3H9N3OS. The number of nitrogens with zero attached hydrogens (tertiary/aromatic N) is 1. The molecule has 5 heteroatoms. The largest absolute Gasteiger partial charge is 0.753 e. The Morgan fingerprint density at radius 2 is 1.88 bits per heavy atom. The molecular weight excluding hydrogens is 126 g/mol. The molecule has 8 heavy (non-hydrogen) atoms. The molecule has 0 unspecified atom stereocenters. The summed E-state index contributed by atoms with van der Waals surface area (Å²) in [5, 5.41) is 8.47. The van der Waals surface area contributed by atoms with Crippen LogP contribution in [0.25, 0.3) is 5.41 Å². The average Bonchev–Trinajstić information content (AvgIpc) is 1.33. The topological polar surface area (TPSA) is 102 Å². The SMILES string of the molecule is CC(N)=O.[N-]=C=S.[NH4+]. The lowest BCUT2D eigenvalue weighted by Gasteiger charge is -1.60. The monoisotopic (exact) mass is 135 g/mol. The molecule has 0 aliphatic heterocycles. The van der Waals surface area contributed by atoms with E-state index in [9.17, 15) is 4.79 Å². The fraction of sp³-hybridized carbons (Fsp3) is 0.333. The maximum atomic E-state index is 9.22. The summed E-state index contributed by atoms with van der Waals surface area (Å²) in [7, 11) is 0. The van der Waals surface area contributed by atoms with Crippen molar-refractivity contribution in [3.05, 3.63) is 5.41 Å². The van der Waals surface area contributed by atoms with Crippen molar-refractivity contribution >= 4 is 23.3 Å². The fourth-order valence-corrected chi connectivity index (χ4v) is 0. The van der Waals surface area contributed by atoms with Crippen LogP contribution in [0.2, 0.25) is 0 Å². The average molecular weight is 135 g/mol. The van der Waals surface area contributed by atoms with Gasteiger partial charge in [-0.3, -0.25) is 4.79 Å². The van der Waals surface area contributed by atoms with Crippen molar-refractivity contribution in [1.29, 1.82) is 0 Å². The lowest BCUT2D eigenvalue weighted by atomic mass is 10.8. The molecule has 0 aromatic rings. The van der Waals surface area contributed by atoms with Crippen LogP contribution >= 0.6 is 12.2 Å². The number of quaternary nitrogens is 1. The van der Waals surface area contributed by atoms with E-state index in [4.69, 9.17) is 5.41 Å². The summed E-state index contributed by atoms with van der Waals surface area (Å²) in [4.78, 5) is 9.22. The number of rotatable bonds is 0. The minimum Gasteiger partial charge on any atom is -0.753 e. The maximum Gasteiger partial charge on any atom is 0.214 e. The second kappa shape index (κ2) is 16.3. The van der Waals surface area contributed by atoms with E-state index in [1.165, 1.54) is 12.1 Å². The summed E-state index contributed by atoms with van der Waals surface area (Å²) in [6, 6.07) is 0. The second-order valence-corrected chi connectivity index (χ2v) is 0.885. The summed E-state index contributed by atoms with van der Waals surface area (Å²) < 4.78 is 0. The number of hydrogen-bond donors (Lipinski definition) is 2. The second-order valence-electron chi connectivity index (χ2n) is 0.702. The zero-order chi connectivity index (χ0) is 6.28. The van der Waals surface area contributed by atoms with Gasteiger partial charge >= 0.3 is 0 Å². The summed E-state index contributed by atoms with van der Waals surface area (Å²) in [6.45, 7) is 1.31. The van der Waals surface area contributed by atoms with Crippen LogP contribution in [0.1, 0.15) is 6.92 Å². The predicted molar refractivity (Wildman–Crippen MR) is 36.8 cm³/mol. The van der Waals surface area contributed by atoms with Gasteiger partial charge in [0.05, 0.1) is 0 Å². The highest BCUT2D eigenvalue weighted by molar-refractivity contribution is 7.78. The van der Waals surface area contributed by atoms with Crippen LogP contribution in [0.4, 0.5) is 0 Å². The maximum absolute atomic E-state index is 9.22. The number of hydrogen-bond acceptors (Lipinski definition) is 2. The number of thiocarbonyl (C=S) groups is 1. The van der Waals surface area contributed by atoms with Crippen LogP contribution in [-0.4, -0.2) is 11.1 Å². The lowest BCUT2D eigenvalue weighted by molar-refractivity contribution is -0.115. The van der Waals surface area contributed by atoms with Crippen molar-refractivity contribution < 1.29 is 4.79 Å². The molecule has 6 N–H and O–H groups in total. The molecule has 0 aromatic heterocycles.